The zero-order chi connectivity index (χ0) is 14.5. The quantitative estimate of drug-likeness (QED) is 0.750. The van der Waals surface area contributed by atoms with Crippen molar-refractivity contribution in [2.75, 3.05) is 6.54 Å². The molecule has 0 aromatic carbocycles. The largest absolute Gasteiger partial charge is 0.481 e. The molecule has 1 aliphatic rings. The van der Waals surface area contributed by atoms with Crippen LogP contribution in [0.5, 0.6) is 0 Å². The first kappa shape index (κ1) is 15.7. The molecule has 0 aromatic rings. The molecule has 0 spiro atoms. The molecule has 1 saturated heterocycles. The normalized spacial score (nSPS) is 17.5. The van der Waals surface area contributed by atoms with Crippen LogP contribution in [0.1, 0.15) is 58.8 Å². The van der Waals surface area contributed by atoms with E-state index in [4.69, 9.17) is 5.11 Å². The molecule has 1 aliphatic heterocycles. The number of hydrogen-bond donors (Lipinski definition) is 1. The fraction of sp³-hybridized carbons (Fsp3) is 0.786. The second kappa shape index (κ2) is 6.68. The molecule has 2 amide bonds. The topological polar surface area (TPSA) is 74.7 Å². The van der Waals surface area contributed by atoms with Crippen LogP contribution in [-0.2, 0) is 14.4 Å². The summed E-state index contributed by atoms with van der Waals surface area (Å²) in [5.74, 6) is -0.983. The van der Waals surface area contributed by atoms with E-state index in [9.17, 15) is 14.4 Å². The van der Waals surface area contributed by atoms with E-state index in [1.165, 1.54) is 4.90 Å². The molecule has 1 rings (SSSR count). The van der Waals surface area contributed by atoms with E-state index < -0.39 is 5.97 Å². The van der Waals surface area contributed by atoms with Crippen LogP contribution in [0, 0.1) is 5.41 Å². The highest BCUT2D eigenvalue weighted by atomic mass is 16.4. The van der Waals surface area contributed by atoms with Crippen LogP contribution in [-0.4, -0.2) is 34.3 Å². The van der Waals surface area contributed by atoms with Crippen molar-refractivity contribution in [3.8, 4) is 0 Å². The molecule has 0 bridgehead atoms. The molecule has 0 atom stereocenters. The van der Waals surface area contributed by atoms with Gasteiger partial charge in [-0.1, -0.05) is 13.8 Å². The third-order valence-electron chi connectivity index (χ3n) is 3.66. The van der Waals surface area contributed by atoms with Gasteiger partial charge in [-0.15, -0.1) is 0 Å². The van der Waals surface area contributed by atoms with Crippen molar-refractivity contribution < 1.29 is 19.5 Å². The Labute approximate surface area is 114 Å². The Bertz CT molecular complexity index is 344. The van der Waals surface area contributed by atoms with Gasteiger partial charge in [0.1, 0.15) is 0 Å². The summed E-state index contributed by atoms with van der Waals surface area (Å²) in [5, 5.41) is 8.70. The van der Waals surface area contributed by atoms with Crippen LogP contribution in [0.25, 0.3) is 0 Å². The van der Waals surface area contributed by atoms with Crippen LogP contribution < -0.4 is 0 Å². The predicted octanol–water partition coefficient (Wildman–Crippen LogP) is 2.20. The Morgan fingerprint density at radius 1 is 1.16 bits per heavy atom. The molecule has 0 radical (unpaired) electrons. The molecule has 19 heavy (non-hydrogen) atoms. The molecule has 1 fully saturated rings. The van der Waals surface area contributed by atoms with Gasteiger partial charge >= 0.3 is 5.97 Å². The number of hydrogen-bond acceptors (Lipinski definition) is 3. The minimum Gasteiger partial charge on any atom is -0.481 e. The predicted molar refractivity (Wildman–Crippen MR) is 70.5 cm³/mol. The molecule has 1 N–H and O–H groups in total. The van der Waals surface area contributed by atoms with Gasteiger partial charge in [-0.25, -0.2) is 0 Å². The summed E-state index contributed by atoms with van der Waals surface area (Å²) in [5.41, 5.74) is -0.175. The monoisotopic (exact) mass is 269 g/mol. The maximum absolute atomic E-state index is 11.8. The summed E-state index contributed by atoms with van der Waals surface area (Å²) < 4.78 is 0. The number of carboxylic acid groups (broad SMARTS) is 1. The van der Waals surface area contributed by atoms with E-state index >= 15 is 0 Å². The van der Waals surface area contributed by atoms with E-state index in [0.717, 1.165) is 12.8 Å². The van der Waals surface area contributed by atoms with Gasteiger partial charge in [-0.2, -0.15) is 0 Å². The Hall–Kier alpha value is -1.39. The molecule has 0 saturated carbocycles. The molecule has 0 unspecified atom stereocenters. The first-order chi connectivity index (χ1) is 8.82. The molecule has 1 heterocycles. The third kappa shape index (κ3) is 5.41. The number of carbonyl (C=O) groups excluding carboxylic acids is 2. The highest BCUT2D eigenvalue weighted by Gasteiger charge is 2.27. The SMILES string of the molecule is CC(C)(CCC(=O)O)CCN1C(=O)CCCCC1=O. The maximum atomic E-state index is 11.8. The fourth-order valence-electron chi connectivity index (χ4n) is 2.20. The Kier molecular flexibility index (Phi) is 5.51. The lowest BCUT2D eigenvalue weighted by Crippen LogP contribution is -2.37. The van der Waals surface area contributed by atoms with Gasteiger partial charge in [-0.05, 0) is 31.1 Å². The minimum atomic E-state index is -0.810. The van der Waals surface area contributed by atoms with Crippen molar-refractivity contribution in [3.05, 3.63) is 0 Å². The summed E-state index contributed by atoms with van der Waals surface area (Å²) >= 11 is 0. The molecule has 5 heteroatoms. The van der Waals surface area contributed by atoms with E-state index in [2.05, 4.69) is 0 Å². The van der Waals surface area contributed by atoms with Gasteiger partial charge in [0.05, 0.1) is 0 Å². The van der Waals surface area contributed by atoms with Crippen molar-refractivity contribution in [2.45, 2.75) is 58.8 Å². The van der Waals surface area contributed by atoms with Crippen LogP contribution in [0.4, 0.5) is 0 Å². The number of rotatable bonds is 6. The Morgan fingerprint density at radius 3 is 2.16 bits per heavy atom. The lowest BCUT2D eigenvalue weighted by molar-refractivity contribution is -0.144. The number of aliphatic carboxylic acids is 1. The number of likely N-dealkylation sites (tertiary alicyclic amines) is 1. The second-order valence-corrected chi connectivity index (χ2v) is 5.95. The number of imide groups is 1. The van der Waals surface area contributed by atoms with Crippen molar-refractivity contribution >= 4 is 17.8 Å². The average molecular weight is 269 g/mol. The molecule has 5 nitrogen and oxygen atoms in total. The molecular weight excluding hydrogens is 246 g/mol. The molecule has 0 aliphatic carbocycles. The summed E-state index contributed by atoms with van der Waals surface area (Å²) in [7, 11) is 0. The van der Waals surface area contributed by atoms with Crippen molar-refractivity contribution in [1.29, 1.82) is 0 Å². The third-order valence-corrected chi connectivity index (χ3v) is 3.66. The van der Waals surface area contributed by atoms with Crippen molar-refractivity contribution in [3.63, 3.8) is 0 Å². The zero-order valence-corrected chi connectivity index (χ0v) is 11.8. The van der Waals surface area contributed by atoms with Crippen LogP contribution >= 0.6 is 0 Å². The van der Waals surface area contributed by atoms with Gasteiger partial charge in [-0.3, -0.25) is 19.3 Å². The summed E-state index contributed by atoms with van der Waals surface area (Å²) in [6, 6.07) is 0. The molecule has 0 aromatic heterocycles. The van der Waals surface area contributed by atoms with Gasteiger partial charge in [0.15, 0.2) is 0 Å². The molecule has 108 valence electrons. The highest BCUT2D eigenvalue weighted by molar-refractivity contribution is 5.95. The number of amides is 2. The van der Waals surface area contributed by atoms with Gasteiger partial charge in [0.25, 0.3) is 0 Å². The second-order valence-electron chi connectivity index (χ2n) is 5.95. The van der Waals surface area contributed by atoms with Gasteiger partial charge in [0.2, 0.25) is 11.8 Å². The standard InChI is InChI=1S/C14H23NO4/c1-14(2,8-7-13(18)19)9-10-15-11(16)5-3-4-6-12(15)17/h3-10H2,1-2H3,(H,18,19). The lowest BCUT2D eigenvalue weighted by Gasteiger charge is -2.27. The highest BCUT2D eigenvalue weighted by Crippen LogP contribution is 2.27. The Morgan fingerprint density at radius 2 is 1.68 bits per heavy atom. The van der Waals surface area contributed by atoms with E-state index in [1.807, 2.05) is 13.8 Å². The van der Waals surface area contributed by atoms with Crippen LogP contribution in [0.15, 0.2) is 0 Å². The fourth-order valence-corrected chi connectivity index (χ4v) is 2.20. The minimum absolute atomic E-state index is 0.0865. The average Bonchev–Trinajstić information content (AvgIpc) is 2.47. The maximum Gasteiger partial charge on any atom is 0.303 e. The first-order valence-electron chi connectivity index (χ1n) is 6.87. The van der Waals surface area contributed by atoms with E-state index in [1.54, 1.807) is 0 Å². The Balaban J connectivity index is 2.50. The van der Waals surface area contributed by atoms with Crippen molar-refractivity contribution in [1.82, 2.24) is 4.90 Å². The first-order valence-corrected chi connectivity index (χ1v) is 6.87. The van der Waals surface area contributed by atoms with Gasteiger partial charge < -0.3 is 5.11 Å². The van der Waals surface area contributed by atoms with E-state index in [-0.39, 0.29) is 23.7 Å². The smallest absolute Gasteiger partial charge is 0.303 e. The lowest BCUT2D eigenvalue weighted by atomic mass is 9.84. The number of nitrogens with zero attached hydrogens (tertiary/aromatic N) is 1. The zero-order valence-electron chi connectivity index (χ0n) is 11.8. The van der Waals surface area contributed by atoms with E-state index in [0.29, 0.717) is 32.2 Å². The van der Waals surface area contributed by atoms with Crippen LogP contribution in [0.3, 0.4) is 0 Å². The number of carbonyl (C=O) groups is 3. The number of carboxylic acids is 1. The van der Waals surface area contributed by atoms with Gasteiger partial charge in [0, 0.05) is 25.8 Å². The summed E-state index contributed by atoms with van der Waals surface area (Å²) in [6.45, 7) is 4.36. The summed E-state index contributed by atoms with van der Waals surface area (Å²) in [6.07, 6.45) is 3.78. The summed E-state index contributed by atoms with van der Waals surface area (Å²) in [4.78, 5) is 35.6. The van der Waals surface area contributed by atoms with Crippen molar-refractivity contribution in [2.24, 2.45) is 5.41 Å². The molecular formula is C14H23NO4. The van der Waals surface area contributed by atoms with Crippen LogP contribution in [0.2, 0.25) is 0 Å².